The Labute approximate surface area is 134 Å². The van der Waals surface area contributed by atoms with Crippen molar-refractivity contribution in [2.75, 3.05) is 10.6 Å². The average molecular weight is 317 g/mol. The van der Waals surface area contributed by atoms with E-state index in [0.717, 1.165) is 16.8 Å². The molecule has 0 saturated heterocycles. The molecule has 0 heterocycles. The van der Waals surface area contributed by atoms with Crippen LogP contribution in [0.4, 0.5) is 11.4 Å². The van der Waals surface area contributed by atoms with Gasteiger partial charge < -0.3 is 10.6 Å². The number of hydrogen-bond donors (Lipinski definition) is 2. The standard InChI is InChI=1S/C17H17ClN2O2/c1-11-9-15(7-8-16(11)19-12(2)21)20-17(22)10-13-3-5-14(18)6-4-13/h3-9H,10H2,1-2H3,(H,19,21)(H,20,22). The molecule has 4 nitrogen and oxygen atoms in total. The van der Waals surface area contributed by atoms with Gasteiger partial charge in [0.25, 0.3) is 0 Å². The Morgan fingerprint density at radius 3 is 2.32 bits per heavy atom. The number of carbonyl (C=O) groups excluding carboxylic acids is 2. The molecule has 114 valence electrons. The van der Waals surface area contributed by atoms with Crippen molar-refractivity contribution in [3.05, 3.63) is 58.6 Å². The molecule has 0 aliphatic heterocycles. The quantitative estimate of drug-likeness (QED) is 0.901. The average Bonchev–Trinajstić information content (AvgIpc) is 2.44. The maximum absolute atomic E-state index is 12.0. The molecule has 0 bridgehead atoms. The summed E-state index contributed by atoms with van der Waals surface area (Å²) in [5.74, 6) is -0.225. The minimum absolute atomic E-state index is 0.103. The van der Waals surface area contributed by atoms with E-state index < -0.39 is 0 Å². The number of nitrogens with one attached hydrogen (secondary N) is 2. The van der Waals surface area contributed by atoms with E-state index in [9.17, 15) is 9.59 Å². The SMILES string of the molecule is CC(=O)Nc1ccc(NC(=O)Cc2ccc(Cl)cc2)cc1C. The monoisotopic (exact) mass is 316 g/mol. The van der Waals surface area contributed by atoms with E-state index in [1.807, 2.05) is 25.1 Å². The highest BCUT2D eigenvalue weighted by molar-refractivity contribution is 6.30. The van der Waals surface area contributed by atoms with Crippen LogP contribution in [0.25, 0.3) is 0 Å². The van der Waals surface area contributed by atoms with Crippen molar-refractivity contribution in [1.82, 2.24) is 0 Å². The van der Waals surface area contributed by atoms with E-state index in [1.165, 1.54) is 6.92 Å². The van der Waals surface area contributed by atoms with Crippen molar-refractivity contribution in [2.24, 2.45) is 0 Å². The summed E-state index contributed by atoms with van der Waals surface area (Å²) < 4.78 is 0. The molecule has 0 saturated carbocycles. The molecule has 2 aromatic rings. The van der Waals surface area contributed by atoms with Crippen molar-refractivity contribution in [3.8, 4) is 0 Å². The molecule has 2 aromatic carbocycles. The van der Waals surface area contributed by atoms with Crippen LogP contribution >= 0.6 is 11.6 Å². The van der Waals surface area contributed by atoms with Crippen LogP contribution in [0.15, 0.2) is 42.5 Å². The second-order valence-corrected chi connectivity index (χ2v) is 5.50. The summed E-state index contributed by atoms with van der Waals surface area (Å²) in [5.41, 5.74) is 3.22. The third-order valence-electron chi connectivity index (χ3n) is 3.10. The fourth-order valence-corrected chi connectivity index (χ4v) is 2.19. The molecule has 0 fully saturated rings. The number of amides is 2. The highest BCUT2D eigenvalue weighted by atomic mass is 35.5. The predicted molar refractivity (Wildman–Crippen MR) is 89.3 cm³/mol. The van der Waals surface area contributed by atoms with Crippen LogP contribution in [-0.4, -0.2) is 11.8 Å². The van der Waals surface area contributed by atoms with Gasteiger partial charge in [-0.25, -0.2) is 0 Å². The fourth-order valence-electron chi connectivity index (χ4n) is 2.06. The molecular weight excluding hydrogens is 300 g/mol. The van der Waals surface area contributed by atoms with Gasteiger partial charge in [-0.05, 0) is 48.4 Å². The Morgan fingerprint density at radius 1 is 1.05 bits per heavy atom. The van der Waals surface area contributed by atoms with Crippen LogP contribution in [0.5, 0.6) is 0 Å². The molecule has 2 N–H and O–H groups in total. The third-order valence-corrected chi connectivity index (χ3v) is 3.35. The van der Waals surface area contributed by atoms with E-state index in [4.69, 9.17) is 11.6 Å². The number of aryl methyl sites for hydroxylation is 1. The first-order chi connectivity index (χ1) is 10.4. The molecular formula is C17H17ClN2O2. The number of carbonyl (C=O) groups is 2. The fraction of sp³-hybridized carbons (Fsp3) is 0.176. The first-order valence-electron chi connectivity index (χ1n) is 6.86. The van der Waals surface area contributed by atoms with Gasteiger partial charge in [-0.15, -0.1) is 0 Å². The lowest BCUT2D eigenvalue weighted by molar-refractivity contribution is -0.116. The van der Waals surface area contributed by atoms with Crippen LogP contribution in [-0.2, 0) is 16.0 Å². The Hall–Kier alpha value is -2.33. The Morgan fingerprint density at radius 2 is 1.73 bits per heavy atom. The van der Waals surface area contributed by atoms with Gasteiger partial charge in [0, 0.05) is 23.3 Å². The van der Waals surface area contributed by atoms with Crippen molar-refractivity contribution < 1.29 is 9.59 Å². The lowest BCUT2D eigenvalue weighted by Crippen LogP contribution is -2.14. The molecule has 2 amide bonds. The molecule has 0 unspecified atom stereocenters. The van der Waals surface area contributed by atoms with Gasteiger partial charge in [0.2, 0.25) is 11.8 Å². The van der Waals surface area contributed by atoms with E-state index in [2.05, 4.69) is 10.6 Å². The second-order valence-electron chi connectivity index (χ2n) is 5.06. The Balaban J connectivity index is 2.01. The molecule has 0 radical (unpaired) electrons. The van der Waals surface area contributed by atoms with Gasteiger partial charge >= 0.3 is 0 Å². The van der Waals surface area contributed by atoms with Crippen molar-refractivity contribution in [2.45, 2.75) is 20.3 Å². The highest BCUT2D eigenvalue weighted by Crippen LogP contribution is 2.20. The summed E-state index contributed by atoms with van der Waals surface area (Å²) in [7, 11) is 0. The zero-order valence-corrected chi connectivity index (χ0v) is 13.2. The first kappa shape index (κ1) is 16.0. The van der Waals surface area contributed by atoms with Gasteiger partial charge in [0.05, 0.1) is 6.42 Å². The molecule has 0 atom stereocenters. The zero-order chi connectivity index (χ0) is 16.1. The summed E-state index contributed by atoms with van der Waals surface area (Å²) in [6.07, 6.45) is 0.281. The van der Waals surface area contributed by atoms with Gasteiger partial charge in [-0.3, -0.25) is 9.59 Å². The smallest absolute Gasteiger partial charge is 0.228 e. The van der Waals surface area contributed by atoms with Crippen molar-refractivity contribution in [3.63, 3.8) is 0 Å². The summed E-state index contributed by atoms with van der Waals surface area (Å²) >= 11 is 5.82. The molecule has 5 heteroatoms. The second kappa shape index (κ2) is 7.09. The minimum atomic E-state index is -0.123. The number of halogens is 1. The van der Waals surface area contributed by atoms with Crippen molar-refractivity contribution in [1.29, 1.82) is 0 Å². The molecule has 2 rings (SSSR count). The highest BCUT2D eigenvalue weighted by Gasteiger charge is 2.06. The number of hydrogen-bond acceptors (Lipinski definition) is 2. The van der Waals surface area contributed by atoms with Gasteiger partial charge in [0.15, 0.2) is 0 Å². The first-order valence-corrected chi connectivity index (χ1v) is 7.24. The number of benzene rings is 2. The summed E-state index contributed by atoms with van der Waals surface area (Å²) in [4.78, 5) is 23.1. The van der Waals surface area contributed by atoms with Gasteiger partial charge in [0.1, 0.15) is 0 Å². The van der Waals surface area contributed by atoms with Crippen LogP contribution < -0.4 is 10.6 Å². The largest absolute Gasteiger partial charge is 0.326 e. The topological polar surface area (TPSA) is 58.2 Å². The summed E-state index contributed by atoms with van der Waals surface area (Å²) in [6, 6.07) is 12.5. The maximum Gasteiger partial charge on any atom is 0.228 e. The Kier molecular flexibility index (Phi) is 5.17. The predicted octanol–water partition coefficient (Wildman–Crippen LogP) is 3.79. The molecule has 0 aliphatic carbocycles. The van der Waals surface area contributed by atoms with Crippen LogP contribution in [0, 0.1) is 6.92 Å². The summed E-state index contributed by atoms with van der Waals surface area (Å²) in [6.45, 7) is 3.33. The summed E-state index contributed by atoms with van der Waals surface area (Å²) in [5, 5.41) is 6.22. The molecule has 0 aromatic heterocycles. The lowest BCUT2D eigenvalue weighted by Gasteiger charge is -2.10. The molecule has 22 heavy (non-hydrogen) atoms. The van der Waals surface area contributed by atoms with Crippen LogP contribution in [0.2, 0.25) is 5.02 Å². The lowest BCUT2D eigenvalue weighted by atomic mass is 10.1. The third kappa shape index (κ3) is 4.60. The van der Waals surface area contributed by atoms with E-state index in [0.29, 0.717) is 10.7 Å². The zero-order valence-electron chi connectivity index (χ0n) is 12.4. The van der Waals surface area contributed by atoms with E-state index in [1.54, 1.807) is 24.3 Å². The maximum atomic E-state index is 12.0. The number of anilines is 2. The van der Waals surface area contributed by atoms with Crippen LogP contribution in [0.3, 0.4) is 0 Å². The molecule has 0 spiro atoms. The molecule has 0 aliphatic rings. The Bertz CT molecular complexity index is 696. The normalized spacial score (nSPS) is 10.1. The van der Waals surface area contributed by atoms with E-state index >= 15 is 0 Å². The van der Waals surface area contributed by atoms with Gasteiger partial charge in [-0.2, -0.15) is 0 Å². The van der Waals surface area contributed by atoms with Crippen molar-refractivity contribution >= 4 is 34.8 Å². The number of rotatable bonds is 4. The van der Waals surface area contributed by atoms with Gasteiger partial charge in [-0.1, -0.05) is 23.7 Å². The van der Waals surface area contributed by atoms with Crippen LogP contribution in [0.1, 0.15) is 18.1 Å². The minimum Gasteiger partial charge on any atom is -0.326 e. The van der Waals surface area contributed by atoms with E-state index in [-0.39, 0.29) is 18.2 Å².